The fourth-order valence-electron chi connectivity index (χ4n) is 2.93. The van der Waals surface area contributed by atoms with Crippen molar-refractivity contribution in [1.82, 2.24) is 9.55 Å². The van der Waals surface area contributed by atoms with Gasteiger partial charge in [0, 0.05) is 41.9 Å². The van der Waals surface area contributed by atoms with Crippen LogP contribution < -0.4 is 9.47 Å². The highest BCUT2D eigenvalue weighted by molar-refractivity contribution is 7.09. The molecule has 0 aliphatic carbocycles. The molecule has 0 radical (unpaired) electrons. The molecule has 0 saturated carbocycles. The largest absolute Gasteiger partial charge is 0.454 e. The zero-order valence-electron chi connectivity index (χ0n) is 13.1. The van der Waals surface area contributed by atoms with E-state index in [1.807, 2.05) is 30.5 Å². The van der Waals surface area contributed by atoms with E-state index in [2.05, 4.69) is 21.0 Å². The maximum absolute atomic E-state index is 9.75. The van der Waals surface area contributed by atoms with Crippen LogP contribution >= 0.6 is 11.3 Å². The smallest absolute Gasteiger partial charge is 0.231 e. The molecule has 24 heavy (non-hydrogen) atoms. The lowest BCUT2D eigenvalue weighted by atomic mass is 10.1. The van der Waals surface area contributed by atoms with Gasteiger partial charge >= 0.3 is 0 Å². The van der Waals surface area contributed by atoms with Crippen LogP contribution in [0.3, 0.4) is 0 Å². The molecule has 0 bridgehead atoms. The number of hydrogen-bond donors (Lipinski definition) is 1. The van der Waals surface area contributed by atoms with Crippen molar-refractivity contribution >= 4 is 11.3 Å². The Morgan fingerprint density at radius 2 is 2.17 bits per heavy atom. The normalized spacial score (nSPS) is 14.0. The van der Waals surface area contributed by atoms with Gasteiger partial charge in [0.05, 0.1) is 0 Å². The minimum absolute atomic E-state index is 0.149. The van der Waals surface area contributed by atoms with Gasteiger partial charge in [0.15, 0.2) is 11.5 Å². The molecule has 1 aliphatic rings. The Labute approximate surface area is 144 Å². The minimum atomic E-state index is 0.149. The number of aliphatic hydroxyl groups excluding tert-OH is 1. The molecular weight excluding hydrogens is 324 g/mol. The number of aromatic nitrogens is 2. The Morgan fingerprint density at radius 3 is 3.00 bits per heavy atom. The van der Waals surface area contributed by atoms with E-state index in [1.54, 1.807) is 17.5 Å². The SMILES string of the molecule is OC[C@H](Cc1cccs1)Cn1ccnc1-c1ccc2c(c1)OCO2. The molecule has 124 valence electrons. The predicted molar refractivity (Wildman–Crippen MR) is 92.4 cm³/mol. The number of imidazole rings is 1. The summed E-state index contributed by atoms with van der Waals surface area (Å²) in [6, 6.07) is 10.0. The van der Waals surface area contributed by atoms with Crippen LogP contribution in [0.15, 0.2) is 48.1 Å². The minimum Gasteiger partial charge on any atom is -0.454 e. The summed E-state index contributed by atoms with van der Waals surface area (Å²) < 4.78 is 12.9. The number of rotatable bonds is 6. The van der Waals surface area contributed by atoms with Crippen LogP contribution in [-0.2, 0) is 13.0 Å². The third-order valence-electron chi connectivity index (χ3n) is 4.13. The lowest BCUT2D eigenvalue weighted by Crippen LogP contribution is -2.17. The second-order valence-corrected chi connectivity index (χ2v) is 6.84. The molecule has 0 saturated heterocycles. The van der Waals surface area contributed by atoms with Gasteiger partial charge in [-0.05, 0) is 36.1 Å². The maximum Gasteiger partial charge on any atom is 0.231 e. The van der Waals surface area contributed by atoms with Crippen LogP contribution in [0.4, 0.5) is 0 Å². The van der Waals surface area contributed by atoms with Crippen molar-refractivity contribution in [3.63, 3.8) is 0 Å². The van der Waals surface area contributed by atoms with Gasteiger partial charge in [-0.15, -0.1) is 11.3 Å². The van der Waals surface area contributed by atoms with Crippen molar-refractivity contribution < 1.29 is 14.6 Å². The highest BCUT2D eigenvalue weighted by atomic mass is 32.1. The average molecular weight is 342 g/mol. The van der Waals surface area contributed by atoms with Crippen LogP contribution in [-0.4, -0.2) is 28.1 Å². The molecule has 1 atom stereocenters. The first-order chi connectivity index (χ1) is 11.8. The maximum atomic E-state index is 9.75. The number of fused-ring (bicyclic) bond motifs is 1. The molecular formula is C18H18N2O3S. The van der Waals surface area contributed by atoms with Crippen molar-refractivity contribution in [2.75, 3.05) is 13.4 Å². The summed E-state index contributed by atoms with van der Waals surface area (Å²) in [5.41, 5.74) is 0.983. The third kappa shape index (κ3) is 3.02. The molecule has 3 heterocycles. The van der Waals surface area contributed by atoms with E-state index in [4.69, 9.17) is 9.47 Å². The number of hydrogen-bond acceptors (Lipinski definition) is 5. The van der Waals surface area contributed by atoms with E-state index in [9.17, 15) is 5.11 Å². The molecule has 1 aliphatic heterocycles. The Morgan fingerprint density at radius 1 is 1.25 bits per heavy atom. The molecule has 0 unspecified atom stereocenters. The monoisotopic (exact) mass is 342 g/mol. The molecule has 1 aromatic carbocycles. The molecule has 2 aromatic heterocycles. The first kappa shape index (κ1) is 15.2. The molecule has 0 amide bonds. The number of benzene rings is 1. The molecule has 6 heteroatoms. The topological polar surface area (TPSA) is 56.5 Å². The standard InChI is InChI=1S/C18H18N2O3S/c21-11-13(8-15-2-1-7-24-15)10-20-6-5-19-18(20)14-3-4-16-17(9-14)23-12-22-16/h1-7,9,13,21H,8,10-12H2/t13-/m1/s1. The fraction of sp³-hybridized carbons (Fsp3) is 0.278. The van der Waals surface area contributed by atoms with E-state index < -0.39 is 0 Å². The van der Waals surface area contributed by atoms with Gasteiger partial charge in [0.25, 0.3) is 0 Å². The highest BCUT2D eigenvalue weighted by Crippen LogP contribution is 2.35. The molecule has 3 aromatic rings. The Hall–Kier alpha value is -2.31. The van der Waals surface area contributed by atoms with Gasteiger partial charge in [-0.2, -0.15) is 0 Å². The number of thiophene rings is 1. The summed E-state index contributed by atoms with van der Waals surface area (Å²) in [6.45, 7) is 1.13. The molecule has 0 fully saturated rings. The van der Waals surface area contributed by atoms with E-state index in [0.29, 0.717) is 0 Å². The van der Waals surface area contributed by atoms with Crippen molar-refractivity contribution in [2.24, 2.45) is 5.92 Å². The van der Waals surface area contributed by atoms with Gasteiger partial charge in [-0.25, -0.2) is 4.98 Å². The number of ether oxygens (including phenoxy) is 2. The second-order valence-electron chi connectivity index (χ2n) is 5.80. The van der Waals surface area contributed by atoms with Crippen molar-refractivity contribution in [3.8, 4) is 22.9 Å². The first-order valence-corrected chi connectivity index (χ1v) is 8.76. The summed E-state index contributed by atoms with van der Waals surface area (Å²) >= 11 is 1.73. The summed E-state index contributed by atoms with van der Waals surface area (Å²) in [5.74, 6) is 2.55. The summed E-state index contributed by atoms with van der Waals surface area (Å²) in [4.78, 5) is 5.77. The molecule has 1 N–H and O–H groups in total. The van der Waals surface area contributed by atoms with Crippen LogP contribution in [0.5, 0.6) is 11.5 Å². The van der Waals surface area contributed by atoms with E-state index in [0.717, 1.165) is 35.9 Å². The summed E-state index contributed by atoms with van der Waals surface area (Å²) in [7, 11) is 0. The average Bonchev–Trinajstić information content (AvgIpc) is 3.35. The second kappa shape index (κ2) is 6.67. The summed E-state index contributed by atoms with van der Waals surface area (Å²) in [5, 5.41) is 11.8. The molecule has 0 spiro atoms. The van der Waals surface area contributed by atoms with Gasteiger partial charge < -0.3 is 19.1 Å². The number of aliphatic hydroxyl groups is 1. The van der Waals surface area contributed by atoms with Crippen LogP contribution in [0.2, 0.25) is 0 Å². The highest BCUT2D eigenvalue weighted by Gasteiger charge is 2.17. The Kier molecular flexibility index (Phi) is 4.23. The first-order valence-electron chi connectivity index (χ1n) is 7.88. The van der Waals surface area contributed by atoms with Gasteiger partial charge in [0.1, 0.15) is 5.82 Å². The van der Waals surface area contributed by atoms with E-state index in [-0.39, 0.29) is 19.3 Å². The Balaban J connectivity index is 1.55. The van der Waals surface area contributed by atoms with Crippen molar-refractivity contribution in [2.45, 2.75) is 13.0 Å². The quantitative estimate of drug-likeness (QED) is 0.747. The van der Waals surface area contributed by atoms with E-state index in [1.165, 1.54) is 4.88 Å². The zero-order chi connectivity index (χ0) is 16.4. The van der Waals surface area contributed by atoms with Crippen LogP contribution in [0, 0.1) is 5.92 Å². The van der Waals surface area contributed by atoms with Gasteiger partial charge in [-0.3, -0.25) is 0 Å². The van der Waals surface area contributed by atoms with Gasteiger partial charge in [-0.1, -0.05) is 6.07 Å². The van der Waals surface area contributed by atoms with Crippen molar-refractivity contribution in [1.29, 1.82) is 0 Å². The van der Waals surface area contributed by atoms with E-state index >= 15 is 0 Å². The van der Waals surface area contributed by atoms with Crippen molar-refractivity contribution in [3.05, 3.63) is 53.0 Å². The predicted octanol–water partition coefficient (Wildman–Crippen LogP) is 3.19. The molecule has 5 nitrogen and oxygen atoms in total. The fourth-order valence-corrected chi connectivity index (χ4v) is 3.75. The lowest BCUT2D eigenvalue weighted by Gasteiger charge is -2.16. The Bertz CT molecular complexity index is 814. The molecule has 4 rings (SSSR count). The van der Waals surface area contributed by atoms with Crippen LogP contribution in [0.1, 0.15) is 4.88 Å². The van der Waals surface area contributed by atoms with Gasteiger partial charge in [0.2, 0.25) is 6.79 Å². The zero-order valence-corrected chi connectivity index (χ0v) is 13.9. The summed E-state index contributed by atoms with van der Waals surface area (Å²) in [6.07, 6.45) is 4.61. The third-order valence-corrected chi connectivity index (χ3v) is 5.03. The number of nitrogens with zero attached hydrogens (tertiary/aromatic N) is 2. The lowest BCUT2D eigenvalue weighted by molar-refractivity contribution is 0.174. The van der Waals surface area contributed by atoms with Crippen LogP contribution in [0.25, 0.3) is 11.4 Å².